The molecule has 1 aromatic carbocycles. The van der Waals surface area contributed by atoms with E-state index in [9.17, 15) is 13.2 Å². The number of aromatic nitrogens is 1. The summed E-state index contributed by atoms with van der Waals surface area (Å²) < 4.78 is 27.6. The second kappa shape index (κ2) is 4.66. The molecule has 1 heterocycles. The van der Waals surface area contributed by atoms with Crippen molar-refractivity contribution < 1.29 is 13.2 Å². The van der Waals surface area contributed by atoms with Crippen LogP contribution in [-0.2, 0) is 14.6 Å². The lowest BCUT2D eigenvalue weighted by molar-refractivity contribution is -0.115. The van der Waals surface area contributed by atoms with E-state index in [1.165, 1.54) is 18.5 Å². The summed E-state index contributed by atoms with van der Waals surface area (Å²) in [6.45, 7) is 1.37. The number of sulfone groups is 1. The number of benzene rings is 1. The van der Waals surface area contributed by atoms with Crippen LogP contribution in [0.4, 0.5) is 5.69 Å². The molecule has 2 aromatic rings. The van der Waals surface area contributed by atoms with Gasteiger partial charge in [-0.1, -0.05) is 0 Å². The predicted octanol–water partition coefficient (Wildman–Crippen LogP) is 1.67. The van der Waals surface area contributed by atoms with Gasteiger partial charge in [0.1, 0.15) is 5.25 Å². The maximum Gasteiger partial charge on any atom is 0.242 e. The van der Waals surface area contributed by atoms with Gasteiger partial charge in [-0.3, -0.25) is 4.79 Å². The van der Waals surface area contributed by atoms with Gasteiger partial charge in [-0.25, -0.2) is 8.42 Å². The maximum atomic E-state index is 11.7. The van der Waals surface area contributed by atoms with Crippen LogP contribution in [-0.4, -0.2) is 30.2 Å². The Bertz CT molecular complexity index is 691. The fraction of sp³-hybridized carbons (Fsp3) is 0.273. The summed E-state index contributed by atoms with van der Waals surface area (Å²) in [4.78, 5) is 11.7. The van der Waals surface area contributed by atoms with Gasteiger partial charge in [0.15, 0.2) is 9.84 Å². The minimum absolute atomic E-state index is 0.528. The third kappa shape index (κ3) is 2.68. The predicted molar refractivity (Wildman–Crippen MR) is 72.6 cm³/mol. The van der Waals surface area contributed by atoms with Crippen LogP contribution in [0.3, 0.4) is 0 Å². The molecule has 0 saturated carbocycles. The van der Waals surface area contributed by atoms with E-state index in [0.29, 0.717) is 5.69 Å². The number of carbonyl (C=O) groups is 1. The molecule has 2 rings (SSSR count). The van der Waals surface area contributed by atoms with Crippen molar-refractivity contribution in [1.82, 2.24) is 4.37 Å². The lowest BCUT2D eigenvalue weighted by atomic mass is 10.2. The normalized spacial score (nSPS) is 13.4. The van der Waals surface area contributed by atoms with Crippen molar-refractivity contribution in [2.24, 2.45) is 0 Å². The van der Waals surface area contributed by atoms with Crippen LogP contribution in [0.15, 0.2) is 24.4 Å². The zero-order valence-corrected chi connectivity index (χ0v) is 11.5. The van der Waals surface area contributed by atoms with Gasteiger partial charge in [0.05, 0.1) is 4.70 Å². The molecular weight excluding hydrogens is 272 g/mol. The molecule has 1 aromatic heterocycles. The second-order valence-electron chi connectivity index (χ2n) is 4.04. The van der Waals surface area contributed by atoms with Crippen molar-refractivity contribution in [2.45, 2.75) is 12.2 Å². The van der Waals surface area contributed by atoms with E-state index in [1.54, 1.807) is 18.3 Å². The van der Waals surface area contributed by atoms with Gasteiger partial charge in [-0.15, -0.1) is 0 Å². The summed E-state index contributed by atoms with van der Waals surface area (Å²) in [6.07, 6.45) is 2.75. The number of nitrogens with zero attached hydrogens (tertiary/aromatic N) is 1. The van der Waals surface area contributed by atoms with Gasteiger partial charge in [-0.2, -0.15) is 4.37 Å². The van der Waals surface area contributed by atoms with E-state index in [0.717, 1.165) is 16.3 Å². The average Bonchev–Trinajstić information content (AvgIpc) is 2.73. The van der Waals surface area contributed by atoms with E-state index >= 15 is 0 Å². The third-order valence-corrected chi connectivity index (χ3v) is 4.91. The highest BCUT2D eigenvalue weighted by Gasteiger charge is 2.23. The van der Waals surface area contributed by atoms with Crippen molar-refractivity contribution in [3.63, 3.8) is 0 Å². The van der Waals surface area contributed by atoms with Crippen molar-refractivity contribution in [1.29, 1.82) is 0 Å². The number of hydrogen-bond acceptors (Lipinski definition) is 5. The first kappa shape index (κ1) is 13.0. The lowest BCUT2D eigenvalue weighted by Gasteiger charge is -2.10. The molecule has 1 amide bonds. The van der Waals surface area contributed by atoms with Gasteiger partial charge < -0.3 is 5.32 Å². The lowest BCUT2D eigenvalue weighted by Crippen LogP contribution is -2.31. The fourth-order valence-corrected chi connectivity index (χ4v) is 2.46. The van der Waals surface area contributed by atoms with E-state index in [2.05, 4.69) is 9.69 Å². The summed E-state index contributed by atoms with van der Waals surface area (Å²) >= 11 is 1.37. The van der Waals surface area contributed by atoms with Crippen LogP contribution in [0.5, 0.6) is 0 Å². The average molecular weight is 284 g/mol. The summed E-state index contributed by atoms with van der Waals surface area (Å²) in [5, 5.41) is 2.45. The largest absolute Gasteiger partial charge is 0.325 e. The number of amides is 1. The molecule has 0 saturated heterocycles. The van der Waals surface area contributed by atoms with Crippen LogP contribution >= 0.6 is 11.5 Å². The molecular formula is C11H12N2O3S2. The van der Waals surface area contributed by atoms with Crippen LogP contribution in [0.1, 0.15) is 6.92 Å². The Hall–Kier alpha value is -1.47. The van der Waals surface area contributed by atoms with Crippen molar-refractivity contribution in [3.8, 4) is 0 Å². The van der Waals surface area contributed by atoms with Crippen molar-refractivity contribution in [3.05, 3.63) is 24.4 Å². The molecule has 18 heavy (non-hydrogen) atoms. The first-order valence-corrected chi connectivity index (χ1v) is 7.95. The Morgan fingerprint density at radius 2 is 2.17 bits per heavy atom. The number of hydrogen-bond donors (Lipinski definition) is 1. The number of carbonyl (C=O) groups excluding carboxylic acids is 1. The van der Waals surface area contributed by atoms with Crippen molar-refractivity contribution >= 4 is 43.1 Å². The minimum atomic E-state index is -3.38. The Balaban J connectivity index is 2.21. The third-order valence-electron chi connectivity index (χ3n) is 2.63. The van der Waals surface area contributed by atoms with Crippen LogP contribution in [0.2, 0.25) is 0 Å². The molecule has 5 nitrogen and oxygen atoms in total. The number of anilines is 1. The monoisotopic (exact) mass is 284 g/mol. The smallest absolute Gasteiger partial charge is 0.242 e. The highest BCUT2D eigenvalue weighted by atomic mass is 32.2. The van der Waals surface area contributed by atoms with Gasteiger partial charge >= 0.3 is 0 Å². The fourth-order valence-electron chi connectivity index (χ4n) is 1.39. The second-order valence-corrected chi connectivity index (χ2v) is 7.24. The number of fused-ring (bicyclic) bond motifs is 1. The van der Waals surface area contributed by atoms with E-state index in [-0.39, 0.29) is 0 Å². The minimum Gasteiger partial charge on any atom is -0.325 e. The first-order chi connectivity index (χ1) is 8.38. The molecule has 1 atom stereocenters. The van der Waals surface area contributed by atoms with E-state index in [4.69, 9.17) is 0 Å². The molecule has 96 valence electrons. The van der Waals surface area contributed by atoms with Gasteiger partial charge in [0.25, 0.3) is 0 Å². The van der Waals surface area contributed by atoms with E-state index < -0.39 is 21.0 Å². The summed E-state index contributed by atoms with van der Waals surface area (Å²) in [5.41, 5.74) is 0.572. The Labute approximate surface area is 109 Å². The molecule has 0 radical (unpaired) electrons. The zero-order chi connectivity index (χ0) is 13.3. The zero-order valence-electron chi connectivity index (χ0n) is 9.88. The Kier molecular flexibility index (Phi) is 3.36. The quantitative estimate of drug-likeness (QED) is 0.930. The molecule has 1 N–H and O–H groups in total. The molecule has 7 heteroatoms. The van der Waals surface area contributed by atoms with Crippen LogP contribution < -0.4 is 5.32 Å². The van der Waals surface area contributed by atoms with Crippen molar-refractivity contribution in [2.75, 3.05) is 11.6 Å². The molecule has 0 aliphatic rings. The van der Waals surface area contributed by atoms with Crippen LogP contribution in [0.25, 0.3) is 10.1 Å². The first-order valence-electron chi connectivity index (χ1n) is 5.22. The number of rotatable bonds is 3. The van der Waals surface area contributed by atoms with Gasteiger partial charge in [0, 0.05) is 23.5 Å². The summed E-state index contributed by atoms with van der Waals surface area (Å²) in [6, 6.07) is 5.34. The molecule has 0 fully saturated rings. The molecule has 0 bridgehead atoms. The molecule has 0 spiro atoms. The maximum absolute atomic E-state index is 11.7. The van der Waals surface area contributed by atoms with Crippen LogP contribution in [0, 0.1) is 0 Å². The Morgan fingerprint density at radius 3 is 2.83 bits per heavy atom. The number of nitrogens with one attached hydrogen (secondary N) is 1. The highest BCUT2D eigenvalue weighted by molar-refractivity contribution is 7.92. The summed E-state index contributed by atoms with van der Waals surface area (Å²) in [7, 11) is -3.38. The summed E-state index contributed by atoms with van der Waals surface area (Å²) in [5.74, 6) is -0.528. The van der Waals surface area contributed by atoms with Gasteiger partial charge in [-0.05, 0) is 36.7 Å². The standard InChI is InChI=1S/C11H12N2O3S2/c1-7(18(2,15)16)11(14)13-9-3-4-10-8(5-9)6-12-17-10/h3-7H,1-2H3,(H,13,14)/t7-/m1/s1. The van der Waals surface area contributed by atoms with Gasteiger partial charge in [0.2, 0.25) is 5.91 Å². The highest BCUT2D eigenvalue weighted by Crippen LogP contribution is 2.22. The topological polar surface area (TPSA) is 76.1 Å². The SMILES string of the molecule is C[C@H](C(=O)Nc1ccc2sncc2c1)S(C)(=O)=O. The molecule has 0 aliphatic carbocycles. The molecule has 0 aliphatic heterocycles. The molecule has 0 unspecified atom stereocenters. The van der Waals surface area contributed by atoms with E-state index in [1.807, 2.05) is 6.07 Å². The Morgan fingerprint density at radius 1 is 1.44 bits per heavy atom.